The van der Waals surface area contributed by atoms with Crippen molar-refractivity contribution < 1.29 is 0 Å². The largest absolute Gasteiger partial charge is 0.357 e. The van der Waals surface area contributed by atoms with E-state index in [4.69, 9.17) is 4.99 Å². The van der Waals surface area contributed by atoms with Crippen LogP contribution < -0.4 is 10.6 Å². The fourth-order valence-corrected chi connectivity index (χ4v) is 3.84. The van der Waals surface area contributed by atoms with Crippen LogP contribution in [-0.2, 0) is 6.54 Å². The number of hydrogen-bond donors (Lipinski definition) is 2. The van der Waals surface area contributed by atoms with E-state index in [1.807, 2.05) is 11.6 Å². The van der Waals surface area contributed by atoms with Crippen LogP contribution in [0.15, 0.2) is 22.8 Å². The average Bonchev–Trinajstić information content (AvgIpc) is 3.20. The monoisotopic (exact) mass is 348 g/mol. The number of rotatable bonds is 5. The Morgan fingerprint density at radius 2 is 2.29 bits per heavy atom. The first kappa shape index (κ1) is 17.2. The van der Waals surface area contributed by atoms with E-state index in [-0.39, 0.29) is 0 Å². The Morgan fingerprint density at radius 3 is 2.96 bits per heavy atom. The Morgan fingerprint density at radius 1 is 1.46 bits per heavy atom. The van der Waals surface area contributed by atoms with Crippen molar-refractivity contribution >= 4 is 22.3 Å². The first-order valence-corrected chi connectivity index (χ1v) is 9.64. The van der Waals surface area contributed by atoms with E-state index < -0.39 is 0 Å². The lowest BCUT2D eigenvalue weighted by Gasteiger charge is -2.21. The molecular formula is C17H28N6S. The quantitative estimate of drug-likeness (QED) is 0.642. The van der Waals surface area contributed by atoms with Gasteiger partial charge in [0.15, 0.2) is 10.9 Å². The van der Waals surface area contributed by atoms with Crippen molar-refractivity contribution in [3.05, 3.63) is 23.5 Å². The SMILES string of the molecule is CCNC(=NCc1cn2ccsc2n1)NC1CN(C(C)C)CC1C. The predicted octanol–water partition coefficient (Wildman–Crippen LogP) is 2.18. The van der Waals surface area contributed by atoms with E-state index in [1.54, 1.807) is 11.3 Å². The van der Waals surface area contributed by atoms with Crippen molar-refractivity contribution in [2.45, 2.75) is 46.3 Å². The van der Waals surface area contributed by atoms with Crippen LogP contribution in [0.25, 0.3) is 4.96 Å². The molecule has 0 spiro atoms. The maximum absolute atomic E-state index is 4.73. The minimum atomic E-state index is 0.440. The number of guanidine groups is 1. The van der Waals surface area contributed by atoms with Crippen molar-refractivity contribution in [1.82, 2.24) is 24.9 Å². The number of hydrogen-bond acceptors (Lipinski definition) is 4. The van der Waals surface area contributed by atoms with Gasteiger partial charge in [-0.05, 0) is 26.7 Å². The summed E-state index contributed by atoms with van der Waals surface area (Å²) in [6, 6.07) is 1.04. The third kappa shape index (κ3) is 3.89. The molecule has 0 amide bonds. The van der Waals surface area contributed by atoms with E-state index in [1.165, 1.54) is 0 Å². The average molecular weight is 349 g/mol. The van der Waals surface area contributed by atoms with Gasteiger partial charge in [-0.1, -0.05) is 6.92 Å². The van der Waals surface area contributed by atoms with Crippen LogP contribution in [-0.4, -0.2) is 52.0 Å². The second kappa shape index (κ2) is 7.53. The van der Waals surface area contributed by atoms with Gasteiger partial charge in [0.1, 0.15) is 0 Å². The molecule has 2 N–H and O–H groups in total. The molecule has 2 aromatic heterocycles. The van der Waals surface area contributed by atoms with Gasteiger partial charge in [-0.2, -0.15) is 0 Å². The lowest BCUT2D eigenvalue weighted by Crippen LogP contribution is -2.46. The van der Waals surface area contributed by atoms with Gasteiger partial charge < -0.3 is 10.6 Å². The fourth-order valence-electron chi connectivity index (χ4n) is 3.12. The van der Waals surface area contributed by atoms with Crippen LogP contribution in [0, 0.1) is 5.92 Å². The highest BCUT2D eigenvalue weighted by Crippen LogP contribution is 2.18. The number of fused-ring (bicyclic) bond motifs is 1. The maximum Gasteiger partial charge on any atom is 0.193 e. The second-order valence-electron chi connectivity index (χ2n) is 6.80. The summed E-state index contributed by atoms with van der Waals surface area (Å²) in [5.74, 6) is 1.51. The number of nitrogens with zero attached hydrogens (tertiary/aromatic N) is 4. The van der Waals surface area contributed by atoms with Crippen LogP contribution in [0.2, 0.25) is 0 Å². The van der Waals surface area contributed by atoms with Gasteiger partial charge in [0.2, 0.25) is 0 Å². The maximum atomic E-state index is 4.73. The molecule has 2 unspecified atom stereocenters. The molecule has 0 bridgehead atoms. The Kier molecular flexibility index (Phi) is 5.40. The third-order valence-electron chi connectivity index (χ3n) is 4.58. The molecule has 1 aliphatic heterocycles. The van der Waals surface area contributed by atoms with E-state index in [2.05, 4.69) is 58.8 Å². The molecule has 0 saturated carbocycles. The third-order valence-corrected chi connectivity index (χ3v) is 5.35. The minimum absolute atomic E-state index is 0.440. The van der Waals surface area contributed by atoms with E-state index in [0.29, 0.717) is 24.5 Å². The van der Waals surface area contributed by atoms with Gasteiger partial charge >= 0.3 is 0 Å². The number of aromatic nitrogens is 2. The van der Waals surface area contributed by atoms with E-state index in [0.717, 1.165) is 36.2 Å². The van der Waals surface area contributed by atoms with Crippen molar-refractivity contribution in [3.63, 3.8) is 0 Å². The molecule has 132 valence electrons. The molecule has 0 aliphatic carbocycles. The molecule has 2 atom stereocenters. The van der Waals surface area contributed by atoms with Gasteiger partial charge in [0, 0.05) is 49.5 Å². The smallest absolute Gasteiger partial charge is 0.193 e. The first-order valence-electron chi connectivity index (χ1n) is 8.76. The van der Waals surface area contributed by atoms with Crippen LogP contribution in [0.4, 0.5) is 0 Å². The molecule has 0 radical (unpaired) electrons. The van der Waals surface area contributed by atoms with Gasteiger partial charge in [-0.3, -0.25) is 9.30 Å². The lowest BCUT2D eigenvalue weighted by molar-refractivity contribution is 0.265. The highest BCUT2D eigenvalue weighted by Gasteiger charge is 2.31. The molecular weight excluding hydrogens is 320 g/mol. The topological polar surface area (TPSA) is 57.0 Å². The van der Waals surface area contributed by atoms with Crippen LogP contribution >= 0.6 is 11.3 Å². The normalized spacial score (nSPS) is 22.6. The summed E-state index contributed by atoms with van der Waals surface area (Å²) in [5, 5.41) is 9.02. The summed E-state index contributed by atoms with van der Waals surface area (Å²) in [4.78, 5) is 12.9. The Hall–Kier alpha value is -1.60. The first-order chi connectivity index (χ1) is 11.6. The zero-order chi connectivity index (χ0) is 17.1. The number of thiazole rings is 1. The number of aliphatic imine (C=N–C) groups is 1. The highest BCUT2D eigenvalue weighted by atomic mass is 32.1. The van der Waals surface area contributed by atoms with Crippen LogP contribution in [0.3, 0.4) is 0 Å². The molecule has 2 aromatic rings. The summed E-state index contributed by atoms with van der Waals surface area (Å²) in [7, 11) is 0. The fraction of sp³-hybridized carbons (Fsp3) is 0.647. The molecule has 0 aromatic carbocycles. The molecule has 7 heteroatoms. The minimum Gasteiger partial charge on any atom is -0.357 e. The number of nitrogens with one attached hydrogen (secondary N) is 2. The van der Waals surface area contributed by atoms with Crippen molar-refractivity contribution in [2.24, 2.45) is 10.9 Å². The zero-order valence-corrected chi connectivity index (χ0v) is 15.8. The molecule has 6 nitrogen and oxygen atoms in total. The molecule has 1 aliphatic rings. The Balaban J connectivity index is 1.64. The van der Waals surface area contributed by atoms with Crippen molar-refractivity contribution in [1.29, 1.82) is 0 Å². The van der Waals surface area contributed by atoms with Crippen LogP contribution in [0.5, 0.6) is 0 Å². The summed E-state index contributed by atoms with van der Waals surface area (Å²) < 4.78 is 2.05. The molecule has 3 heterocycles. The molecule has 1 saturated heterocycles. The van der Waals surface area contributed by atoms with Crippen molar-refractivity contribution in [2.75, 3.05) is 19.6 Å². The van der Waals surface area contributed by atoms with Gasteiger partial charge in [-0.15, -0.1) is 11.3 Å². The standard InChI is InChI=1S/C17H28N6S/c1-5-18-16(21-15-11-23(12(2)3)9-13(15)4)19-8-14-10-22-6-7-24-17(22)20-14/h6-7,10,12-13,15H,5,8-9,11H2,1-4H3,(H2,18,19,21). The van der Waals surface area contributed by atoms with Gasteiger partial charge in [-0.25, -0.2) is 9.98 Å². The summed E-state index contributed by atoms with van der Waals surface area (Å²) in [6.07, 6.45) is 4.09. The van der Waals surface area contributed by atoms with E-state index >= 15 is 0 Å². The number of imidazole rings is 1. The zero-order valence-electron chi connectivity index (χ0n) is 15.0. The predicted molar refractivity (Wildman–Crippen MR) is 101 cm³/mol. The molecule has 24 heavy (non-hydrogen) atoms. The molecule has 1 fully saturated rings. The highest BCUT2D eigenvalue weighted by molar-refractivity contribution is 7.15. The van der Waals surface area contributed by atoms with Crippen molar-refractivity contribution in [3.8, 4) is 0 Å². The Bertz CT molecular complexity index is 660. The summed E-state index contributed by atoms with van der Waals surface area (Å²) in [5.41, 5.74) is 1.00. The van der Waals surface area contributed by atoms with E-state index in [9.17, 15) is 0 Å². The molecule has 3 rings (SSSR count). The van der Waals surface area contributed by atoms with Gasteiger partial charge in [0.05, 0.1) is 12.2 Å². The lowest BCUT2D eigenvalue weighted by atomic mass is 10.1. The second-order valence-corrected chi connectivity index (χ2v) is 7.67. The number of likely N-dealkylation sites (tertiary alicyclic amines) is 1. The summed E-state index contributed by atoms with van der Waals surface area (Å²) in [6.45, 7) is 12.6. The Labute approximate surface area is 148 Å². The summed E-state index contributed by atoms with van der Waals surface area (Å²) >= 11 is 1.65. The van der Waals surface area contributed by atoms with Crippen LogP contribution in [0.1, 0.15) is 33.4 Å². The van der Waals surface area contributed by atoms with Gasteiger partial charge in [0.25, 0.3) is 0 Å².